The Morgan fingerprint density at radius 3 is 1.09 bits per heavy atom. The summed E-state index contributed by atoms with van der Waals surface area (Å²) in [4.78, 5) is 0. The SMILES string of the molecule is NCCCCCCN.[Cl-].[Cl-].[Zn+2]. The molecule has 0 aromatic rings. The van der Waals surface area contributed by atoms with Crippen LogP contribution in [0, 0.1) is 0 Å². The van der Waals surface area contributed by atoms with E-state index in [2.05, 4.69) is 0 Å². The predicted molar refractivity (Wildman–Crippen MR) is 36.6 cm³/mol. The molecule has 0 aromatic carbocycles. The second-order valence-electron chi connectivity index (χ2n) is 1.99. The van der Waals surface area contributed by atoms with Crippen molar-refractivity contribution in [2.24, 2.45) is 11.5 Å². The van der Waals surface area contributed by atoms with Crippen LogP contribution in [0.25, 0.3) is 0 Å². The quantitative estimate of drug-likeness (QED) is 0.379. The van der Waals surface area contributed by atoms with Crippen molar-refractivity contribution in [3.63, 3.8) is 0 Å². The van der Waals surface area contributed by atoms with Gasteiger partial charge in [-0.3, -0.25) is 0 Å². The molecule has 5 heteroatoms. The van der Waals surface area contributed by atoms with E-state index >= 15 is 0 Å². The van der Waals surface area contributed by atoms with Crippen molar-refractivity contribution in [2.75, 3.05) is 13.1 Å². The van der Waals surface area contributed by atoms with Gasteiger partial charge in [-0.1, -0.05) is 12.8 Å². The van der Waals surface area contributed by atoms with E-state index in [9.17, 15) is 0 Å². The zero-order valence-electron chi connectivity index (χ0n) is 6.86. The molecular weight excluding hydrogens is 236 g/mol. The molecule has 0 unspecified atom stereocenters. The van der Waals surface area contributed by atoms with Crippen LogP contribution in [0.1, 0.15) is 25.7 Å². The summed E-state index contributed by atoms with van der Waals surface area (Å²) in [6.07, 6.45) is 4.79. The van der Waals surface area contributed by atoms with Gasteiger partial charge in [-0.2, -0.15) is 0 Å². The van der Waals surface area contributed by atoms with Crippen LogP contribution >= 0.6 is 0 Å². The Morgan fingerprint density at radius 2 is 0.909 bits per heavy atom. The summed E-state index contributed by atoms with van der Waals surface area (Å²) in [7, 11) is 0. The monoisotopic (exact) mass is 250 g/mol. The van der Waals surface area contributed by atoms with Crippen LogP contribution in [0.15, 0.2) is 0 Å². The molecule has 0 heterocycles. The van der Waals surface area contributed by atoms with Crippen LogP contribution in [0.3, 0.4) is 0 Å². The molecular formula is C6H16Cl2N2Zn. The zero-order valence-corrected chi connectivity index (χ0v) is 11.3. The number of unbranched alkanes of at least 4 members (excludes halogenated alkanes) is 3. The Morgan fingerprint density at radius 1 is 0.636 bits per heavy atom. The molecule has 0 rings (SSSR count). The van der Waals surface area contributed by atoms with Crippen LogP contribution in [-0.2, 0) is 19.5 Å². The van der Waals surface area contributed by atoms with Gasteiger partial charge in [0.2, 0.25) is 0 Å². The van der Waals surface area contributed by atoms with Gasteiger partial charge in [-0.25, -0.2) is 0 Å². The first-order valence-electron chi connectivity index (χ1n) is 3.32. The third kappa shape index (κ3) is 24.7. The first-order valence-corrected chi connectivity index (χ1v) is 3.32. The summed E-state index contributed by atoms with van der Waals surface area (Å²) in [6.45, 7) is 1.65. The molecule has 2 nitrogen and oxygen atoms in total. The maximum Gasteiger partial charge on any atom is 2.00 e. The van der Waals surface area contributed by atoms with Gasteiger partial charge in [0.25, 0.3) is 0 Å². The first-order chi connectivity index (χ1) is 3.91. The third-order valence-electron chi connectivity index (χ3n) is 1.16. The van der Waals surface area contributed by atoms with Crippen molar-refractivity contribution in [3.8, 4) is 0 Å². The van der Waals surface area contributed by atoms with Gasteiger partial charge < -0.3 is 36.3 Å². The molecule has 0 radical (unpaired) electrons. The van der Waals surface area contributed by atoms with Crippen molar-refractivity contribution in [2.45, 2.75) is 25.7 Å². The van der Waals surface area contributed by atoms with E-state index in [0.29, 0.717) is 0 Å². The molecule has 0 aliphatic rings. The van der Waals surface area contributed by atoms with Gasteiger partial charge >= 0.3 is 19.5 Å². The third-order valence-corrected chi connectivity index (χ3v) is 1.16. The summed E-state index contributed by atoms with van der Waals surface area (Å²) in [5, 5.41) is 0. The number of halogens is 2. The number of hydrogen-bond donors (Lipinski definition) is 2. The summed E-state index contributed by atoms with van der Waals surface area (Å²) in [5.74, 6) is 0. The molecule has 0 aliphatic carbocycles. The maximum absolute atomic E-state index is 5.28. The Bertz CT molecular complexity index is 43.6. The molecule has 0 amide bonds. The minimum atomic E-state index is 0. The summed E-state index contributed by atoms with van der Waals surface area (Å²) >= 11 is 0. The Labute approximate surface area is 94.4 Å². The second-order valence-corrected chi connectivity index (χ2v) is 1.99. The number of nitrogens with two attached hydrogens (primary N) is 2. The molecule has 0 aliphatic heterocycles. The fourth-order valence-corrected chi connectivity index (χ4v) is 0.642. The molecule has 0 bridgehead atoms. The fraction of sp³-hybridized carbons (Fsp3) is 1.00. The topological polar surface area (TPSA) is 52.0 Å². The molecule has 0 saturated heterocycles. The van der Waals surface area contributed by atoms with E-state index in [-0.39, 0.29) is 44.3 Å². The number of hydrogen-bond acceptors (Lipinski definition) is 2. The van der Waals surface area contributed by atoms with Gasteiger partial charge in [-0.15, -0.1) is 0 Å². The molecule has 66 valence electrons. The summed E-state index contributed by atoms with van der Waals surface area (Å²) < 4.78 is 0. The van der Waals surface area contributed by atoms with Crippen molar-refractivity contribution in [1.29, 1.82) is 0 Å². The van der Waals surface area contributed by atoms with Gasteiger partial charge in [0.05, 0.1) is 0 Å². The average molecular weight is 253 g/mol. The van der Waals surface area contributed by atoms with E-state index in [4.69, 9.17) is 11.5 Å². The van der Waals surface area contributed by atoms with Crippen molar-refractivity contribution in [1.82, 2.24) is 0 Å². The predicted octanol–water partition coefficient (Wildman–Crippen LogP) is -5.53. The summed E-state index contributed by atoms with van der Waals surface area (Å²) in [5.41, 5.74) is 10.6. The van der Waals surface area contributed by atoms with Crippen LogP contribution in [0.4, 0.5) is 0 Å². The van der Waals surface area contributed by atoms with Gasteiger partial charge in [-0.05, 0) is 25.9 Å². The van der Waals surface area contributed by atoms with Crippen LogP contribution in [-0.4, -0.2) is 13.1 Å². The smallest absolute Gasteiger partial charge is 1.00 e. The molecule has 4 N–H and O–H groups in total. The van der Waals surface area contributed by atoms with Crippen molar-refractivity contribution in [3.05, 3.63) is 0 Å². The van der Waals surface area contributed by atoms with Crippen LogP contribution < -0.4 is 36.3 Å². The largest absolute Gasteiger partial charge is 2.00 e. The molecule has 0 saturated carbocycles. The molecule has 0 fully saturated rings. The summed E-state index contributed by atoms with van der Waals surface area (Å²) in [6, 6.07) is 0. The average Bonchev–Trinajstić information content (AvgIpc) is 1.81. The minimum absolute atomic E-state index is 0. The van der Waals surface area contributed by atoms with E-state index in [1.807, 2.05) is 0 Å². The van der Waals surface area contributed by atoms with Gasteiger partial charge in [0.15, 0.2) is 0 Å². The van der Waals surface area contributed by atoms with E-state index in [1.54, 1.807) is 0 Å². The zero-order chi connectivity index (χ0) is 6.24. The van der Waals surface area contributed by atoms with Gasteiger partial charge in [0.1, 0.15) is 0 Å². The molecule has 0 aromatic heterocycles. The Hall–Kier alpha value is 1.12. The van der Waals surface area contributed by atoms with Crippen LogP contribution in [0.2, 0.25) is 0 Å². The normalized spacial score (nSPS) is 7.09. The van der Waals surface area contributed by atoms with Crippen molar-refractivity contribution >= 4 is 0 Å². The molecule has 0 spiro atoms. The van der Waals surface area contributed by atoms with Crippen molar-refractivity contribution < 1.29 is 44.3 Å². The van der Waals surface area contributed by atoms with Crippen LogP contribution in [0.5, 0.6) is 0 Å². The maximum atomic E-state index is 5.28. The van der Waals surface area contributed by atoms with E-state index in [1.165, 1.54) is 12.8 Å². The minimum Gasteiger partial charge on any atom is -1.00 e. The van der Waals surface area contributed by atoms with E-state index < -0.39 is 0 Å². The Kier molecular flexibility index (Phi) is 46.4. The standard InChI is InChI=1S/C6H16N2.2ClH.Zn/c7-5-3-1-2-4-6-8;;;/h1-8H2;2*1H;/q;;;+2/p-2. The fourth-order valence-electron chi connectivity index (χ4n) is 0.642. The van der Waals surface area contributed by atoms with Gasteiger partial charge in [0, 0.05) is 0 Å². The number of rotatable bonds is 5. The molecule has 0 atom stereocenters. The Balaban J connectivity index is -0.0000000817. The first kappa shape index (κ1) is 22.7. The van der Waals surface area contributed by atoms with E-state index in [0.717, 1.165) is 25.9 Å². The molecule has 11 heavy (non-hydrogen) atoms. The second kappa shape index (κ2) is 22.5.